The van der Waals surface area contributed by atoms with Crippen molar-refractivity contribution in [2.45, 2.75) is 45.3 Å². The third-order valence-electron chi connectivity index (χ3n) is 4.22. The second-order valence-electron chi connectivity index (χ2n) is 6.68. The van der Waals surface area contributed by atoms with Gasteiger partial charge >= 0.3 is 0 Å². The fraction of sp³-hybridized carbons (Fsp3) is 0.650. The molecule has 0 saturated carbocycles. The summed E-state index contributed by atoms with van der Waals surface area (Å²) in [6, 6.07) is 8.10. The molecule has 0 aromatic heterocycles. The predicted molar refractivity (Wildman–Crippen MR) is 120 cm³/mol. The highest BCUT2D eigenvalue weighted by atomic mass is 127. The smallest absolute Gasteiger partial charge is 0.191 e. The number of halogens is 1. The summed E-state index contributed by atoms with van der Waals surface area (Å²) in [7, 11) is 1.77. The Hall–Kier alpha value is -1.06. The Morgan fingerprint density at radius 2 is 2.07 bits per heavy atom. The number of aliphatic imine (C=N–C) groups is 1. The lowest BCUT2D eigenvalue weighted by atomic mass is 10.2. The van der Waals surface area contributed by atoms with Crippen LogP contribution in [0.1, 0.15) is 31.7 Å². The second-order valence-corrected chi connectivity index (χ2v) is 6.68. The van der Waals surface area contributed by atoms with E-state index in [0.717, 1.165) is 50.7 Å². The van der Waals surface area contributed by atoms with Crippen molar-refractivity contribution in [1.82, 2.24) is 10.6 Å². The quantitative estimate of drug-likeness (QED) is 0.228. The van der Waals surface area contributed by atoms with E-state index >= 15 is 0 Å². The fourth-order valence-corrected chi connectivity index (χ4v) is 2.72. The van der Waals surface area contributed by atoms with Gasteiger partial charge in [0.25, 0.3) is 0 Å². The summed E-state index contributed by atoms with van der Waals surface area (Å²) < 4.78 is 17.1. The zero-order valence-corrected chi connectivity index (χ0v) is 19.0. The van der Waals surface area contributed by atoms with E-state index in [1.54, 1.807) is 7.05 Å². The van der Waals surface area contributed by atoms with E-state index in [4.69, 9.17) is 14.2 Å². The summed E-state index contributed by atoms with van der Waals surface area (Å²) in [5.41, 5.74) is 1.23. The standard InChI is InChI=1S/C20H33N3O3.HI/c1-16-7-9-18(10-8-16)26-17(2)14-23-20(21-3)22-11-5-12-24-15-19-6-4-13-25-19;/h7-10,17,19H,4-6,11-15H2,1-3H3,(H2,21,22,23);1H. The van der Waals surface area contributed by atoms with E-state index in [9.17, 15) is 0 Å². The average molecular weight is 491 g/mol. The lowest BCUT2D eigenvalue weighted by Crippen LogP contribution is -2.42. The predicted octanol–water partition coefficient (Wildman–Crippen LogP) is 3.13. The van der Waals surface area contributed by atoms with Gasteiger partial charge in [-0.15, -0.1) is 24.0 Å². The maximum atomic E-state index is 5.89. The number of nitrogens with one attached hydrogen (secondary N) is 2. The molecule has 1 aliphatic heterocycles. The first kappa shape index (κ1) is 24.0. The molecule has 1 aliphatic rings. The van der Waals surface area contributed by atoms with E-state index in [1.807, 2.05) is 19.1 Å². The van der Waals surface area contributed by atoms with Gasteiger partial charge in [0, 0.05) is 26.8 Å². The van der Waals surface area contributed by atoms with Crippen molar-refractivity contribution in [1.29, 1.82) is 0 Å². The van der Waals surface area contributed by atoms with Crippen LogP contribution in [0.5, 0.6) is 5.75 Å². The molecule has 0 bridgehead atoms. The van der Waals surface area contributed by atoms with Crippen LogP contribution in [-0.4, -0.2) is 58.1 Å². The molecule has 1 heterocycles. The average Bonchev–Trinajstić information content (AvgIpc) is 3.16. The molecule has 6 nitrogen and oxygen atoms in total. The molecule has 0 spiro atoms. The highest BCUT2D eigenvalue weighted by Gasteiger charge is 2.14. The molecule has 1 fully saturated rings. The molecule has 1 aromatic carbocycles. The van der Waals surface area contributed by atoms with Gasteiger partial charge < -0.3 is 24.8 Å². The number of nitrogens with zero attached hydrogens (tertiary/aromatic N) is 1. The molecule has 0 amide bonds. The van der Waals surface area contributed by atoms with E-state index < -0.39 is 0 Å². The van der Waals surface area contributed by atoms with Gasteiger partial charge in [-0.25, -0.2) is 0 Å². The second kappa shape index (κ2) is 14.0. The van der Waals surface area contributed by atoms with Crippen molar-refractivity contribution >= 4 is 29.9 Å². The van der Waals surface area contributed by atoms with Gasteiger partial charge in [-0.05, 0) is 45.2 Å². The van der Waals surface area contributed by atoms with Crippen LogP contribution >= 0.6 is 24.0 Å². The Morgan fingerprint density at radius 3 is 2.74 bits per heavy atom. The number of benzene rings is 1. The number of guanidine groups is 1. The summed E-state index contributed by atoms with van der Waals surface area (Å²) in [6.45, 7) is 7.93. The highest BCUT2D eigenvalue weighted by molar-refractivity contribution is 14.0. The SMILES string of the molecule is CN=C(NCCCOCC1CCCO1)NCC(C)Oc1ccc(C)cc1.I. The van der Waals surface area contributed by atoms with Gasteiger partial charge in [0.05, 0.1) is 19.3 Å². The first-order valence-corrected chi connectivity index (χ1v) is 9.54. The van der Waals surface area contributed by atoms with Crippen LogP contribution < -0.4 is 15.4 Å². The summed E-state index contributed by atoms with van der Waals surface area (Å²) >= 11 is 0. The molecule has 7 heteroatoms. The van der Waals surface area contributed by atoms with E-state index in [0.29, 0.717) is 19.3 Å². The molecule has 2 atom stereocenters. The van der Waals surface area contributed by atoms with Gasteiger partial charge in [0.2, 0.25) is 0 Å². The largest absolute Gasteiger partial charge is 0.489 e. The Labute approximate surface area is 180 Å². The molecule has 154 valence electrons. The topological polar surface area (TPSA) is 64.1 Å². The summed E-state index contributed by atoms with van der Waals surface area (Å²) in [4.78, 5) is 4.24. The Bertz CT molecular complexity index is 534. The van der Waals surface area contributed by atoms with E-state index in [-0.39, 0.29) is 30.1 Å². The number of rotatable bonds is 10. The zero-order chi connectivity index (χ0) is 18.6. The van der Waals surface area contributed by atoms with Crippen LogP contribution in [0.3, 0.4) is 0 Å². The molecular formula is C20H34IN3O3. The lowest BCUT2D eigenvalue weighted by Gasteiger charge is -2.18. The molecule has 0 aliphatic carbocycles. The minimum Gasteiger partial charge on any atom is -0.489 e. The van der Waals surface area contributed by atoms with Gasteiger partial charge in [-0.1, -0.05) is 17.7 Å². The third kappa shape index (κ3) is 10.2. The molecule has 2 unspecified atom stereocenters. The third-order valence-corrected chi connectivity index (χ3v) is 4.22. The van der Waals surface area contributed by atoms with Crippen molar-refractivity contribution < 1.29 is 14.2 Å². The lowest BCUT2D eigenvalue weighted by molar-refractivity contribution is 0.0168. The van der Waals surface area contributed by atoms with Crippen molar-refractivity contribution in [3.05, 3.63) is 29.8 Å². The van der Waals surface area contributed by atoms with Gasteiger partial charge in [-0.3, -0.25) is 4.99 Å². The highest BCUT2D eigenvalue weighted by Crippen LogP contribution is 2.13. The Balaban J connectivity index is 0.00000364. The Morgan fingerprint density at radius 1 is 1.30 bits per heavy atom. The molecule has 27 heavy (non-hydrogen) atoms. The number of hydrogen-bond donors (Lipinski definition) is 2. The molecule has 2 rings (SSSR count). The van der Waals surface area contributed by atoms with Crippen LogP contribution in [0.4, 0.5) is 0 Å². The van der Waals surface area contributed by atoms with E-state index in [2.05, 4.69) is 34.7 Å². The van der Waals surface area contributed by atoms with Crippen LogP contribution in [-0.2, 0) is 9.47 Å². The number of ether oxygens (including phenoxy) is 3. The van der Waals surface area contributed by atoms with Crippen molar-refractivity contribution in [2.24, 2.45) is 4.99 Å². The van der Waals surface area contributed by atoms with Crippen LogP contribution in [0.15, 0.2) is 29.3 Å². The summed E-state index contributed by atoms with van der Waals surface area (Å²) in [5, 5.41) is 6.59. The van der Waals surface area contributed by atoms with Crippen LogP contribution in [0, 0.1) is 6.92 Å². The molecule has 0 radical (unpaired) electrons. The monoisotopic (exact) mass is 491 g/mol. The maximum absolute atomic E-state index is 5.89. The van der Waals surface area contributed by atoms with Gasteiger partial charge in [0.1, 0.15) is 11.9 Å². The van der Waals surface area contributed by atoms with Crippen molar-refractivity contribution in [3.8, 4) is 5.75 Å². The van der Waals surface area contributed by atoms with Gasteiger partial charge in [0.15, 0.2) is 5.96 Å². The van der Waals surface area contributed by atoms with Crippen LogP contribution in [0.25, 0.3) is 0 Å². The summed E-state index contributed by atoms with van der Waals surface area (Å²) in [5.74, 6) is 1.67. The fourth-order valence-electron chi connectivity index (χ4n) is 2.72. The maximum Gasteiger partial charge on any atom is 0.191 e. The van der Waals surface area contributed by atoms with Crippen LogP contribution in [0.2, 0.25) is 0 Å². The normalized spacial score (nSPS) is 17.9. The minimum absolute atomic E-state index is 0. The zero-order valence-electron chi connectivity index (χ0n) is 16.7. The molecule has 1 aromatic rings. The number of hydrogen-bond acceptors (Lipinski definition) is 4. The first-order chi connectivity index (χ1) is 12.7. The molecule has 2 N–H and O–H groups in total. The number of aryl methyl sites for hydroxylation is 1. The summed E-state index contributed by atoms with van der Waals surface area (Å²) in [6.07, 6.45) is 3.56. The van der Waals surface area contributed by atoms with E-state index in [1.165, 1.54) is 5.56 Å². The van der Waals surface area contributed by atoms with Gasteiger partial charge in [-0.2, -0.15) is 0 Å². The van der Waals surface area contributed by atoms with Crippen molar-refractivity contribution in [2.75, 3.05) is 40.0 Å². The first-order valence-electron chi connectivity index (χ1n) is 9.54. The Kier molecular flexibility index (Phi) is 12.4. The molecule has 1 saturated heterocycles. The van der Waals surface area contributed by atoms with Crippen molar-refractivity contribution in [3.63, 3.8) is 0 Å². The minimum atomic E-state index is 0. The molecular weight excluding hydrogens is 457 g/mol.